The van der Waals surface area contributed by atoms with Crippen molar-refractivity contribution in [1.29, 1.82) is 0 Å². The molecule has 0 amide bonds. The molecule has 6 aromatic carbocycles. The maximum Gasteiger partial charge on any atom is 0.305 e. The number of hydrogen-bond acceptors (Lipinski definition) is 8. The van der Waals surface area contributed by atoms with Gasteiger partial charge in [0.1, 0.15) is 28.7 Å². The van der Waals surface area contributed by atoms with Crippen LogP contribution in [0.1, 0.15) is 165 Å². The summed E-state index contributed by atoms with van der Waals surface area (Å²) in [5.74, 6) is 38.8. The average molecular weight is 1080 g/mol. The van der Waals surface area contributed by atoms with Gasteiger partial charge in [0.05, 0.1) is 76.6 Å². The first-order valence-corrected chi connectivity index (χ1v) is 28.3. The van der Waals surface area contributed by atoms with Gasteiger partial charge in [0.25, 0.3) is 0 Å². The van der Waals surface area contributed by atoms with E-state index >= 15 is 0 Å². The number of esters is 1. The number of hydrogen-bond donors (Lipinski definition) is 0. The Morgan fingerprint density at radius 1 is 0.346 bits per heavy atom. The zero-order valence-corrected chi connectivity index (χ0v) is 48.0. The van der Waals surface area contributed by atoms with Gasteiger partial charge in [0, 0.05) is 34.2 Å². The van der Waals surface area contributed by atoms with Crippen molar-refractivity contribution >= 4 is 5.97 Å². The molecule has 416 valence electrons. The Balaban J connectivity index is 1.33. The van der Waals surface area contributed by atoms with Crippen LogP contribution in [0, 0.1) is 59.2 Å². The molecule has 6 aromatic rings. The fraction of sp³-hybridized carbons (Fsp3) is 0.329. The molecular weight excluding hydrogens is 1000 g/mol. The van der Waals surface area contributed by atoms with Crippen molar-refractivity contribution in [1.82, 2.24) is 0 Å². The molecule has 0 saturated heterocycles. The third-order valence-corrected chi connectivity index (χ3v) is 13.4. The van der Waals surface area contributed by atoms with Crippen LogP contribution in [0.2, 0.25) is 0 Å². The molecule has 6 rings (SSSR count). The van der Waals surface area contributed by atoms with Crippen LogP contribution in [-0.2, 0) is 9.53 Å². The number of carbonyl (C=O) groups excluding carboxylic acids is 1. The Morgan fingerprint density at radius 3 is 0.938 bits per heavy atom. The number of ether oxygens (including phenoxy) is 7. The lowest BCUT2D eigenvalue weighted by atomic mass is 9.89. The lowest BCUT2D eigenvalue weighted by Gasteiger charge is -2.17. The highest BCUT2D eigenvalue weighted by atomic mass is 16.5. The van der Waals surface area contributed by atoms with E-state index in [4.69, 9.17) is 33.2 Å². The molecule has 0 spiro atoms. The van der Waals surface area contributed by atoms with Crippen molar-refractivity contribution in [3.05, 3.63) is 190 Å². The molecule has 0 aliphatic heterocycles. The first-order chi connectivity index (χ1) is 39.8. The topological polar surface area (TPSA) is 81.7 Å². The Morgan fingerprint density at radius 2 is 0.617 bits per heavy atom. The number of benzene rings is 6. The van der Waals surface area contributed by atoms with Crippen LogP contribution in [0.4, 0.5) is 0 Å². The van der Waals surface area contributed by atoms with E-state index in [2.05, 4.69) is 65.8 Å². The van der Waals surface area contributed by atoms with Crippen molar-refractivity contribution < 1.29 is 38.0 Å². The van der Waals surface area contributed by atoms with Crippen LogP contribution < -0.4 is 28.4 Å². The predicted molar refractivity (Wildman–Crippen MR) is 326 cm³/mol. The molecule has 0 bridgehead atoms. The first-order valence-electron chi connectivity index (χ1n) is 28.3. The predicted octanol–water partition coefficient (Wildman–Crippen LogP) is 15.5. The fourth-order valence-corrected chi connectivity index (χ4v) is 8.67. The number of unbranched alkanes of at least 4 members (excludes halogenated alkanes) is 14. The van der Waals surface area contributed by atoms with E-state index in [1.807, 2.05) is 127 Å². The Bertz CT molecular complexity index is 3080. The lowest BCUT2D eigenvalue weighted by molar-refractivity contribution is -0.143. The molecule has 8 heteroatoms. The summed E-state index contributed by atoms with van der Waals surface area (Å²) < 4.78 is 40.0. The molecule has 0 aromatic heterocycles. The van der Waals surface area contributed by atoms with Crippen molar-refractivity contribution in [2.75, 3.05) is 48.8 Å². The largest absolute Gasteiger partial charge is 0.497 e. The maximum atomic E-state index is 12.2. The second kappa shape index (κ2) is 35.6. The molecule has 0 fully saturated rings. The van der Waals surface area contributed by atoms with E-state index in [0.29, 0.717) is 53.2 Å². The van der Waals surface area contributed by atoms with Gasteiger partial charge < -0.3 is 33.2 Å². The third-order valence-electron chi connectivity index (χ3n) is 13.4. The van der Waals surface area contributed by atoms with Crippen molar-refractivity contribution in [3.8, 4) is 93.7 Å². The molecule has 0 heterocycles. The van der Waals surface area contributed by atoms with Crippen LogP contribution in [0.5, 0.6) is 34.5 Å². The highest BCUT2D eigenvalue weighted by molar-refractivity contribution is 5.78. The SMILES string of the molecule is C=CCCCCCCCCC(=O)OCCCCCCCCCCCOc1c(C#Cc2ccc(OC)cc2)c(C#Cc2ccc(OC)cc2)c(C#Cc2ccc(OC)cc2)c(C#Cc2ccc(OC)cc2)c1C#Cc1ccc(OC)cc1. The van der Waals surface area contributed by atoms with Gasteiger partial charge in [-0.25, -0.2) is 0 Å². The summed E-state index contributed by atoms with van der Waals surface area (Å²) >= 11 is 0. The molecule has 8 nitrogen and oxygen atoms in total. The summed E-state index contributed by atoms with van der Waals surface area (Å²) in [6, 6.07) is 38.1. The van der Waals surface area contributed by atoms with Crippen LogP contribution in [0.15, 0.2) is 134 Å². The quantitative estimate of drug-likeness (QED) is 0.0218. The van der Waals surface area contributed by atoms with E-state index in [1.165, 1.54) is 25.7 Å². The van der Waals surface area contributed by atoms with Gasteiger partial charge in [-0.05, 0) is 153 Å². The molecule has 0 N–H and O–H groups in total. The van der Waals surface area contributed by atoms with Crippen molar-refractivity contribution in [3.63, 3.8) is 0 Å². The minimum atomic E-state index is -0.0640. The normalized spacial score (nSPS) is 10.1. The van der Waals surface area contributed by atoms with Crippen molar-refractivity contribution in [2.24, 2.45) is 0 Å². The Kier molecular flexibility index (Phi) is 27.0. The fourth-order valence-electron chi connectivity index (χ4n) is 8.67. The van der Waals surface area contributed by atoms with Gasteiger partial charge in [-0.1, -0.05) is 136 Å². The smallest absolute Gasteiger partial charge is 0.305 e. The minimum Gasteiger partial charge on any atom is -0.497 e. The van der Waals surface area contributed by atoms with Gasteiger partial charge in [-0.3, -0.25) is 4.79 Å². The molecular formula is C73H76O8. The minimum absolute atomic E-state index is 0.0640. The standard InChI is InChI=1S/C73H76O8/c1-7-8-9-10-11-15-18-21-24-72(74)80-55-22-19-16-13-12-14-17-20-23-56-81-73-70(53-38-60-31-46-65(78-5)47-32-60)68(51-36-58-27-42-63(76-3)43-28-58)67(50-35-57-25-40-62(75-2)41-26-57)69(52-37-59-29-44-64(77-4)45-30-59)71(73)54-39-61-33-48-66(79-6)49-34-61/h7,25-34,40-49H,1,8-24,55-56H2,2-6H3. The number of allylic oxidation sites excluding steroid dienone is 1. The molecule has 0 atom stereocenters. The summed E-state index contributed by atoms with van der Waals surface area (Å²) in [6.45, 7) is 4.70. The first kappa shape index (κ1) is 61.3. The van der Waals surface area contributed by atoms with Crippen molar-refractivity contribution in [2.45, 2.75) is 109 Å². The monoisotopic (exact) mass is 1080 g/mol. The van der Waals surface area contributed by atoms with E-state index in [-0.39, 0.29) is 5.97 Å². The van der Waals surface area contributed by atoms with Crippen LogP contribution >= 0.6 is 0 Å². The summed E-state index contributed by atoms with van der Waals surface area (Å²) in [5, 5.41) is 0. The molecule has 81 heavy (non-hydrogen) atoms. The summed E-state index contributed by atoms with van der Waals surface area (Å²) in [4.78, 5) is 12.2. The Hall–Kier alpha value is -8.87. The number of methoxy groups -OCH3 is 5. The van der Waals surface area contributed by atoms with Gasteiger partial charge in [-0.2, -0.15) is 0 Å². The average Bonchev–Trinajstić information content (AvgIpc) is 3.51. The second-order valence-electron chi connectivity index (χ2n) is 19.3. The van der Waals surface area contributed by atoms with E-state index in [9.17, 15) is 4.79 Å². The highest BCUT2D eigenvalue weighted by Crippen LogP contribution is 2.35. The van der Waals surface area contributed by atoms with Gasteiger partial charge >= 0.3 is 5.97 Å². The number of carbonyl (C=O) groups is 1. The maximum absolute atomic E-state index is 12.2. The number of rotatable bonds is 27. The van der Waals surface area contributed by atoms with Gasteiger partial charge in [0.2, 0.25) is 0 Å². The van der Waals surface area contributed by atoms with E-state index in [1.54, 1.807) is 35.5 Å². The summed E-state index contributed by atoms with van der Waals surface area (Å²) in [5.41, 5.74) is 6.54. The lowest BCUT2D eigenvalue weighted by Crippen LogP contribution is -2.08. The summed E-state index contributed by atoms with van der Waals surface area (Å²) in [7, 11) is 8.20. The summed E-state index contributed by atoms with van der Waals surface area (Å²) in [6.07, 6.45) is 19.8. The van der Waals surface area contributed by atoms with Crippen LogP contribution in [-0.4, -0.2) is 54.7 Å². The van der Waals surface area contributed by atoms with Gasteiger partial charge in [-0.15, -0.1) is 6.58 Å². The van der Waals surface area contributed by atoms with E-state index in [0.717, 1.165) is 134 Å². The van der Waals surface area contributed by atoms with Crippen LogP contribution in [0.25, 0.3) is 0 Å². The van der Waals surface area contributed by atoms with Gasteiger partial charge in [0.15, 0.2) is 5.75 Å². The molecule has 0 aliphatic rings. The second-order valence-corrected chi connectivity index (χ2v) is 19.3. The zero-order chi connectivity index (χ0) is 57.1. The zero-order valence-electron chi connectivity index (χ0n) is 48.0. The molecule has 0 radical (unpaired) electrons. The third kappa shape index (κ3) is 21.4. The Labute approximate surface area is 482 Å². The van der Waals surface area contributed by atoms with E-state index < -0.39 is 0 Å². The molecule has 0 unspecified atom stereocenters. The molecule has 0 aliphatic carbocycles. The molecule has 0 saturated carbocycles. The highest BCUT2D eigenvalue weighted by Gasteiger charge is 2.23. The van der Waals surface area contributed by atoms with Crippen LogP contribution in [0.3, 0.4) is 0 Å².